The molecule has 2 unspecified atom stereocenters. The first kappa shape index (κ1) is 11.7. The van der Waals surface area contributed by atoms with Crippen molar-refractivity contribution in [1.82, 2.24) is 4.98 Å². The summed E-state index contributed by atoms with van der Waals surface area (Å²) in [5.74, 6) is 0.929. The highest BCUT2D eigenvalue weighted by Gasteiger charge is 2.24. The van der Waals surface area contributed by atoms with Gasteiger partial charge in [-0.05, 0) is 31.2 Å². The average Bonchev–Trinajstić information content (AvgIpc) is 2.34. The number of nitrogen functional groups attached to an aromatic ring is 1. The van der Waals surface area contributed by atoms with Gasteiger partial charge in [0.15, 0.2) is 0 Å². The van der Waals surface area contributed by atoms with E-state index in [2.05, 4.69) is 11.9 Å². The number of hydrogen-bond donors (Lipinski definition) is 1. The van der Waals surface area contributed by atoms with Gasteiger partial charge in [-0.25, -0.2) is 4.98 Å². The van der Waals surface area contributed by atoms with Crippen LogP contribution < -0.4 is 10.5 Å². The molecular formula is C13H17N3O. The number of nitrogens with zero attached hydrogens (tertiary/aromatic N) is 2. The summed E-state index contributed by atoms with van der Waals surface area (Å²) in [7, 11) is 0. The lowest BCUT2D eigenvalue weighted by atomic mass is 9.88. The number of nitrogens with two attached hydrogens (primary N) is 1. The van der Waals surface area contributed by atoms with Crippen LogP contribution in [0.4, 0.5) is 5.69 Å². The number of aromatic nitrogens is 1. The highest BCUT2D eigenvalue weighted by atomic mass is 16.5. The third-order valence-corrected chi connectivity index (χ3v) is 3.37. The SMILES string of the molecule is CC1CCCCC1Oc1nccc(C#N)c1N. The zero-order valence-electron chi connectivity index (χ0n) is 10.0. The number of rotatable bonds is 2. The fourth-order valence-electron chi connectivity index (χ4n) is 2.25. The molecule has 1 aromatic heterocycles. The maximum Gasteiger partial charge on any atom is 0.238 e. The fourth-order valence-corrected chi connectivity index (χ4v) is 2.25. The van der Waals surface area contributed by atoms with Gasteiger partial charge in [-0.15, -0.1) is 0 Å². The maximum atomic E-state index is 8.89. The van der Waals surface area contributed by atoms with Crippen LogP contribution in [0.2, 0.25) is 0 Å². The minimum atomic E-state index is 0.174. The Morgan fingerprint density at radius 1 is 1.47 bits per heavy atom. The van der Waals surface area contributed by atoms with E-state index >= 15 is 0 Å². The highest BCUT2D eigenvalue weighted by molar-refractivity contribution is 5.59. The molecule has 0 aromatic carbocycles. The Morgan fingerprint density at radius 3 is 2.94 bits per heavy atom. The molecule has 0 radical (unpaired) electrons. The number of hydrogen-bond acceptors (Lipinski definition) is 4. The molecule has 4 heteroatoms. The summed E-state index contributed by atoms with van der Waals surface area (Å²) in [6.45, 7) is 2.19. The summed E-state index contributed by atoms with van der Waals surface area (Å²) < 4.78 is 5.85. The first-order chi connectivity index (χ1) is 8.22. The van der Waals surface area contributed by atoms with E-state index in [-0.39, 0.29) is 6.10 Å². The predicted octanol–water partition coefficient (Wildman–Crippen LogP) is 2.49. The standard InChI is InChI=1S/C13H17N3O/c1-9-4-2-3-5-11(9)17-13-12(15)10(8-14)6-7-16-13/h6-7,9,11H,2-5,15H2,1H3. The molecule has 2 N–H and O–H groups in total. The number of anilines is 1. The van der Waals surface area contributed by atoms with Gasteiger partial charge in [0.1, 0.15) is 17.9 Å². The third-order valence-electron chi connectivity index (χ3n) is 3.37. The van der Waals surface area contributed by atoms with E-state index < -0.39 is 0 Å². The van der Waals surface area contributed by atoms with Gasteiger partial charge in [-0.2, -0.15) is 5.26 Å². The number of nitriles is 1. The van der Waals surface area contributed by atoms with Gasteiger partial charge in [0.25, 0.3) is 0 Å². The van der Waals surface area contributed by atoms with Gasteiger partial charge < -0.3 is 10.5 Å². The molecule has 17 heavy (non-hydrogen) atoms. The Labute approximate surface area is 101 Å². The van der Waals surface area contributed by atoms with Crippen LogP contribution in [0.15, 0.2) is 12.3 Å². The van der Waals surface area contributed by atoms with Crippen molar-refractivity contribution in [3.05, 3.63) is 17.8 Å². The lowest BCUT2D eigenvalue weighted by Gasteiger charge is -2.29. The monoisotopic (exact) mass is 231 g/mol. The second-order valence-electron chi connectivity index (χ2n) is 4.61. The molecule has 4 nitrogen and oxygen atoms in total. The number of ether oxygens (including phenoxy) is 1. The van der Waals surface area contributed by atoms with Gasteiger partial charge in [0, 0.05) is 6.20 Å². The summed E-state index contributed by atoms with van der Waals surface area (Å²) in [4.78, 5) is 4.12. The van der Waals surface area contributed by atoms with Crippen molar-refractivity contribution in [2.75, 3.05) is 5.73 Å². The quantitative estimate of drug-likeness (QED) is 0.848. The van der Waals surface area contributed by atoms with Gasteiger partial charge in [0.2, 0.25) is 5.88 Å². The summed E-state index contributed by atoms with van der Waals surface area (Å²) in [6.07, 6.45) is 6.42. The van der Waals surface area contributed by atoms with Crippen LogP contribution >= 0.6 is 0 Å². The molecule has 1 aliphatic carbocycles. The highest BCUT2D eigenvalue weighted by Crippen LogP contribution is 2.30. The van der Waals surface area contributed by atoms with Crippen LogP contribution in [0.3, 0.4) is 0 Å². The summed E-state index contributed by atoms with van der Waals surface area (Å²) >= 11 is 0. The molecule has 1 saturated carbocycles. The second kappa shape index (κ2) is 5.05. The molecule has 0 amide bonds. The Kier molecular flexibility index (Phi) is 3.48. The van der Waals surface area contributed by atoms with E-state index in [4.69, 9.17) is 15.7 Å². The Balaban J connectivity index is 2.16. The lowest BCUT2D eigenvalue weighted by Crippen LogP contribution is -2.29. The molecule has 1 aliphatic rings. The van der Waals surface area contributed by atoms with Crippen LogP contribution in [-0.4, -0.2) is 11.1 Å². The van der Waals surface area contributed by atoms with Crippen molar-refractivity contribution in [2.24, 2.45) is 5.92 Å². The van der Waals surface area contributed by atoms with E-state index in [1.54, 1.807) is 12.3 Å². The molecule has 0 aliphatic heterocycles. The zero-order valence-corrected chi connectivity index (χ0v) is 10.0. The molecule has 1 heterocycles. The summed E-state index contributed by atoms with van der Waals surface area (Å²) in [5, 5.41) is 8.89. The molecule has 90 valence electrons. The molecule has 0 bridgehead atoms. The van der Waals surface area contributed by atoms with Gasteiger partial charge in [-0.3, -0.25) is 0 Å². The molecule has 0 spiro atoms. The topological polar surface area (TPSA) is 71.9 Å². The van der Waals surface area contributed by atoms with Crippen molar-refractivity contribution < 1.29 is 4.74 Å². The van der Waals surface area contributed by atoms with E-state index in [9.17, 15) is 0 Å². The molecular weight excluding hydrogens is 214 g/mol. The minimum Gasteiger partial charge on any atom is -0.473 e. The molecule has 1 aromatic rings. The maximum absolute atomic E-state index is 8.89. The van der Waals surface area contributed by atoms with Gasteiger partial charge in [-0.1, -0.05) is 13.3 Å². The van der Waals surface area contributed by atoms with Gasteiger partial charge >= 0.3 is 0 Å². The van der Waals surface area contributed by atoms with Crippen LogP contribution in [0.5, 0.6) is 5.88 Å². The summed E-state index contributed by atoms with van der Waals surface area (Å²) in [6, 6.07) is 3.64. The second-order valence-corrected chi connectivity index (χ2v) is 4.61. The zero-order chi connectivity index (χ0) is 12.3. The Morgan fingerprint density at radius 2 is 2.24 bits per heavy atom. The molecule has 2 atom stereocenters. The molecule has 0 saturated heterocycles. The molecule has 1 fully saturated rings. The summed E-state index contributed by atoms with van der Waals surface area (Å²) in [5.41, 5.74) is 6.63. The Hall–Kier alpha value is -1.76. The van der Waals surface area contributed by atoms with Crippen molar-refractivity contribution >= 4 is 5.69 Å². The first-order valence-electron chi connectivity index (χ1n) is 6.03. The fraction of sp³-hybridized carbons (Fsp3) is 0.538. The van der Waals surface area contributed by atoms with Crippen LogP contribution in [0.25, 0.3) is 0 Å². The van der Waals surface area contributed by atoms with Crippen molar-refractivity contribution in [2.45, 2.75) is 38.7 Å². The van der Waals surface area contributed by atoms with E-state index in [0.29, 0.717) is 23.0 Å². The predicted molar refractivity (Wildman–Crippen MR) is 65.4 cm³/mol. The normalized spacial score (nSPS) is 24.0. The van der Waals surface area contributed by atoms with E-state index in [1.807, 2.05) is 6.07 Å². The van der Waals surface area contributed by atoms with Crippen LogP contribution in [-0.2, 0) is 0 Å². The minimum absolute atomic E-state index is 0.174. The van der Waals surface area contributed by atoms with Crippen molar-refractivity contribution in [3.63, 3.8) is 0 Å². The third kappa shape index (κ3) is 2.50. The van der Waals surface area contributed by atoms with Crippen molar-refractivity contribution in [3.8, 4) is 11.9 Å². The lowest BCUT2D eigenvalue weighted by molar-refractivity contribution is 0.0984. The van der Waals surface area contributed by atoms with Crippen LogP contribution in [0.1, 0.15) is 38.2 Å². The van der Waals surface area contributed by atoms with E-state index in [0.717, 1.165) is 6.42 Å². The van der Waals surface area contributed by atoms with E-state index in [1.165, 1.54) is 19.3 Å². The molecule has 2 rings (SSSR count). The number of pyridine rings is 1. The van der Waals surface area contributed by atoms with Crippen molar-refractivity contribution in [1.29, 1.82) is 5.26 Å². The van der Waals surface area contributed by atoms with Gasteiger partial charge in [0.05, 0.1) is 5.56 Å². The largest absolute Gasteiger partial charge is 0.473 e. The van der Waals surface area contributed by atoms with Crippen LogP contribution in [0, 0.1) is 17.2 Å². The average molecular weight is 231 g/mol. The Bertz CT molecular complexity index is 439. The first-order valence-corrected chi connectivity index (χ1v) is 6.03. The smallest absolute Gasteiger partial charge is 0.238 e.